The van der Waals surface area contributed by atoms with Crippen LogP contribution in [0.2, 0.25) is 0 Å². The largest absolute Gasteiger partial charge is 0.465 e. The lowest BCUT2D eigenvalue weighted by Crippen LogP contribution is -2.26. The van der Waals surface area contributed by atoms with Crippen LogP contribution in [0.4, 0.5) is 18.9 Å². The predicted octanol–water partition coefficient (Wildman–Crippen LogP) is 6.61. The molecule has 7 heteroatoms. The summed E-state index contributed by atoms with van der Waals surface area (Å²) in [6, 6.07) is 19.2. The van der Waals surface area contributed by atoms with Crippen molar-refractivity contribution in [2.45, 2.75) is 26.6 Å². The van der Waals surface area contributed by atoms with Crippen molar-refractivity contribution < 1.29 is 27.5 Å². The number of hydrogen-bond donors (Lipinski definition) is 0. The first kappa shape index (κ1) is 24.3. The number of nitrogens with zero attached hydrogens (tertiary/aromatic N) is 1. The number of methoxy groups -OCH3 is 1. The van der Waals surface area contributed by atoms with Gasteiger partial charge in [0.25, 0.3) is 5.91 Å². The van der Waals surface area contributed by atoms with Crippen molar-refractivity contribution >= 4 is 28.7 Å². The Balaban J connectivity index is 1.80. The molecule has 1 aliphatic rings. The van der Waals surface area contributed by atoms with Gasteiger partial charge in [0.15, 0.2) is 0 Å². The van der Waals surface area contributed by atoms with Crippen molar-refractivity contribution in [3.05, 3.63) is 101 Å². The number of halogens is 3. The lowest BCUT2D eigenvalue weighted by atomic mass is 9.87. The molecule has 0 bridgehead atoms. The monoisotopic (exact) mass is 479 g/mol. The fourth-order valence-corrected chi connectivity index (χ4v) is 4.40. The van der Waals surface area contributed by atoms with E-state index in [-0.39, 0.29) is 18.4 Å². The van der Waals surface area contributed by atoms with Gasteiger partial charge in [0.2, 0.25) is 0 Å². The first-order valence-electron chi connectivity index (χ1n) is 11.1. The van der Waals surface area contributed by atoms with Gasteiger partial charge in [-0.25, -0.2) is 4.79 Å². The Hall–Kier alpha value is -3.87. The number of para-hydroxylation sites is 1. The second kappa shape index (κ2) is 9.41. The van der Waals surface area contributed by atoms with Crippen LogP contribution < -0.4 is 4.90 Å². The van der Waals surface area contributed by atoms with E-state index in [0.717, 1.165) is 23.3 Å². The van der Waals surface area contributed by atoms with Crippen molar-refractivity contribution in [3.63, 3.8) is 0 Å². The van der Waals surface area contributed by atoms with E-state index in [2.05, 4.69) is 0 Å². The molecule has 180 valence electrons. The molecule has 4 rings (SSSR count). The summed E-state index contributed by atoms with van der Waals surface area (Å²) in [5.74, 6) is -0.829. The van der Waals surface area contributed by atoms with E-state index in [1.165, 1.54) is 19.2 Å². The third kappa shape index (κ3) is 4.71. The zero-order valence-electron chi connectivity index (χ0n) is 19.5. The summed E-state index contributed by atoms with van der Waals surface area (Å²) in [6.45, 7) is 4.05. The number of esters is 1. The zero-order chi connectivity index (χ0) is 25.3. The topological polar surface area (TPSA) is 46.6 Å². The van der Waals surface area contributed by atoms with Crippen molar-refractivity contribution in [2.24, 2.45) is 5.92 Å². The Labute approximate surface area is 201 Å². The molecule has 1 amide bonds. The van der Waals surface area contributed by atoms with Gasteiger partial charge in [0.1, 0.15) is 0 Å². The molecule has 0 saturated carbocycles. The average molecular weight is 479 g/mol. The maximum absolute atomic E-state index is 13.8. The van der Waals surface area contributed by atoms with E-state index >= 15 is 0 Å². The quantitative estimate of drug-likeness (QED) is 0.306. The number of allylic oxidation sites excluding steroid dienone is 1. The Morgan fingerprint density at radius 2 is 1.63 bits per heavy atom. The highest BCUT2D eigenvalue weighted by atomic mass is 19.4. The maximum atomic E-state index is 13.8. The summed E-state index contributed by atoms with van der Waals surface area (Å²) in [7, 11) is 1.31. The Kier molecular flexibility index (Phi) is 6.52. The number of fused-ring (bicyclic) bond motifs is 1. The molecule has 4 nitrogen and oxygen atoms in total. The molecule has 0 unspecified atom stereocenters. The predicted molar refractivity (Wildman–Crippen MR) is 129 cm³/mol. The molecule has 1 heterocycles. The van der Waals surface area contributed by atoms with Gasteiger partial charge >= 0.3 is 12.1 Å². The minimum atomic E-state index is -4.44. The number of hydrogen-bond acceptors (Lipinski definition) is 3. The van der Waals surface area contributed by atoms with Crippen molar-refractivity contribution in [1.82, 2.24) is 0 Å². The van der Waals surface area contributed by atoms with Gasteiger partial charge in [-0.3, -0.25) is 4.79 Å². The van der Waals surface area contributed by atoms with Gasteiger partial charge < -0.3 is 9.64 Å². The summed E-state index contributed by atoms with van der Waals surface area (Å²) in [4.78, 5) is 27.4. The highest BCUT2D eigenvalue weighted by molar-refractivity contribution is 6.37. The molecule has 0 aromatic heterocycles. The molecule has 1 aliphatic heterocycles. The summed E-state index contributed by atoms with van der Waals surface area (Å²) in [5, 5.41) is 0. The van der Waals surface area contributed by atoms with Gasteiger partial charge in [0, 0.05) is 5.56 Å². The van der Waals surface area contributed by atoms with Crippen LogP contribution in [0.3, 0.4) is 0 Å². The van der Waals surface area contributed by atoms with Crippen LogP contribution in [-0.4, -0.2) is 19.0 Å². The summed E-state index contributed by atoms with van der Waals surface area (Å²) in [5.41, 5.74) is 3.55. The third-order valence-electron chi connectivity index (χ3n) is 5.98. The molecule has 0 fully saturated rings. The number of amides is 1. The standard InChI is InChI=1S/C28H24F3NO3/c1-17(2)24(19-11-13-21(14-12-19)28(29,30)31)25-22-9-4-5-10-23(22)32(26(25)33)16-18-7-6-8-20(15-18)27(34)35-3/h4-15,17H,16H2,1-3H3/b25-24+. The van der Waals surface area contributed by atoms with E-state index < -0.39 is 17.7 Å². The molecule has 3 aromatic rings. The Bertz CT molecular complexity index is 1310. The molecular formula is C28H24F3NO3. The summed E-state index contributed by atoms with van der Waals surface area (Å²) >= 11 is 0. The minimum Gasteiger partial charge on any atom is -0.465 e. The fraction of sp³-hybridized carbons (Fsp3) is 0.214. The maximum Gasteiger partial charge on any atom is 0.416 e. The average Bonchev–Trinajstić information content (AvgIpc) is 3.10. The highest BCUT2D eigenvalue weighted by Gasteiger charge is 2.36. The van der Waals surface area contributed by atoms with Crippen molar-refractivity contribution in [3.8, 4) is 0 Å². The second-order valence-corrected chi connectivity index (χ2v) is 8.62. The van der Waals surface area contributed by atoms with Gasteiger partial charge in [-0.2, -0.15) is 13.2 Å². The lowest BCUT2D eigenvalue weighted by Gasteiger charge is -2.19. The summed E-state index contributed by atoms with van der Waals surface area (Å²) in [6.07, 6.45) is -4.44. The van der Waals surface area contributed by atoms with E-state index in [9.17, 15) is 22.8 Å². The summed E-state index contributed by atoms with van der Waals surface area (Å²) < 4.78 is 44.1. The van der Waals surface area contributed by atoms with E-state index in [0.29, 0.717) is 28.0 Å². The Morgan fingerprint density at radius 1 is 0.943 bits per heavy atom. The molecule has 0 atom stereocenters. The van der Waals surface area contributed by atoms with E-state index in [4.69, 9.17) is 4.74 Å². The van der Waals surface area contributed by atoms with Gasteiger partial charge in [-0.05, 0) is 52.9 Å². The molecule has 0 N–H and O–H groups in total. The number of carbonyl (C=O) groups excluding carboxylic acids is 2. The smallest absolute Gasteiger partial charge is 0.416 e. The van der Waals surface area contributed by atoms with Crippen molar-refractivity contribution in [2.75, 3.05) is 12.0 Å². The molecule has 3 aromatic carbocycles. The van der Waals surface area contributed by atoms with Gasteiger partial charge in [-0.1, -0.05) is 56.3 Å². The van der Waals surface area contributed by atoms with Crippen LogP contribution >= 0.6 is 0 Å². The second-order valence-electron chi connectivity index (χ2n) is 8.62. The van der Waals surface area contributed by atoms with E-state index in [1.807, 2.05) is 44.2 Å². The first-order chi connectivity index (χ1) is 16.6. The number of benzene rings is 3. The van der Waals surface area contributed by atoms with Crippen molar-refractivity contribution in [1.29, 1.82) is 0 Å². The van der Waals surface area contributed by atoms with Crippen LogP contribution in [0.15, 0.2) is 72.8 Å². The number of anilines is 1. The number of ether oxygens (including phenoxy) is 1. The molecular weight excluding hydrogens is 455 g/mol. The normalized spacial score (nSPS) is 14.8. The van der Waals surface area contributed by atoms with Gasteiger partial charge in [0.05, 0.1) is 36.0 Å². The number of alkyl halides is 3. The molecule has 0 aliphatic carbocycles. The van der Waals surface area contributed by atoms with Gasteiger partial charge in [-0.15, -0.1) is 0 Å². The van der Waals surface area contributed by atoms with Crippen LogP contribution in [0.1, 0.15) is 46.5 Å². The van der Waals surface area contributed by atoms with Crippen LogP contribution in [0.25, 0.3) is 11.1 Å². The zero-order valence-corrected chi connectivity index (χ0v) is 19.5. The van der Waals surface area contributed by atoms with Crippen LogP contribution in [0, 0.1) is 5.92 Å². The SMILES string of the molecule is COC(=O)c1cccc(CN2C(=O)/C(=C(/c3ccc(C(F)(F)F)cc3)C(C)C)c3ccccc32)c1. The minimum absolute atomic E-state index is 0.124. The molecule has 35 heavy (non-hydrogen) atoms. The molecule has 0 radical (unpaired) electrons. The first-order valence-corrected chi connectivity index (χ1v) is 11.1. The highest BCUT2D eigenvalue weighted by Crippen LogP contribution is 2.44. The fourth-order valence-electron chi connectivity index (χ4n) is 4.40. The van der Waals surface area contributed by atoms with Crippen LogP contribution in [0.5, 0.6) is 0 Å². The van der Waals surface area contributed by atoms with Crippen LogP contribution in [-0.2, 0) is 22.3 Å². The Morgan fingerprint density at radius 3 is 2.26 bits per heavy atom. The van der Waals surface area contributed by atoms with E-state index in [1.54, 1.807) is 23.1 Å². The lowest BCUT2D eigenvalue weighted by molar-refractivity contribution is -0.137. The third-order valence-corrected chi connectivity index (χ3v) is 5.98. The number of carbonyl (C=O) groups is 2. The molecule has 0 saturated heterocycles. The molecule has 0 spiro atoms. The number of rotatable bonds is 5.